The van der Waals surface area contributed by atoms with E-state index in [-0.39, 0.29) is 5.91 Å². The zero-order valence-electron chi connectivity index (χ0n) is 14.8. The van der Waals surface area contributed by atoms with Gasteiger partial charge in [0.05, 0.1) is 27.0 Å². The maximum Gasteiger partial charge on any atom is 0.271 e. The van der Waals surface area contributed by atoms with Crippen LogP contribution in [0.1, 0.15) is 29.3 Å². The zero-order chi connectivity index (χ0) is 18.2. The molecule has 25 heavy (non-hydrogen) atoms. The normalized spacial score (nSPS) is 11.0. The molecule has 0 aliphatic rings. The number of ether oxygens (including phenoxy) is 3. The summed E-state index contributed by atoms with van der Waals surface area (Å²) in [6.07, 6.45) is 0.694. The number of hydrogen-bond acceptors (Lipinski definition) is 5. The summed E-state index contributed by atoms with van der Waals surface area (Å²) in [7, 11) is 4.52. The number of hydrazone groups is 1. The van der Waals surface area contributed by atoms with Gasteiger partial charge in [-0.3, -0.25) is 4.79 Å². The number of nitrogens with one attached hydrogen (secondary N) is 1. The van der Waals surface area contributed by atoms with Crippen LogP contribution in [-0.2, 0) is 0 Å². The lowest BCUT2D eigenvalue weighted by atomic mass is 10.1. The first kappa shape index (κ1) is 18.3. The Labute approximate surface area is 147 Å². The molecular formula is C19H22N2O4. The molecule has 1 N–H and O–H groups in total. The van der Waals surface area contributed by atoms with Crippen molar-refractivity contribution >= 4 is 11.6 Å². The number of methoxy groups -OCH3 is 3. The number of benzene rings is 2. The first-order chi connectivity index (χ1) is 12.1. The maximum atomic E-state index is 12.5. The predicted octanol–water partition coefficient (Wildman–Crippen LogP) is 3.26. The van der Waals surface area contributed by atoms with E-state index in [1.807, 2.05) is 37.3 Å². The highest BCUT2D eigenvalue weighted by molar-refractivity contribution is 6.02. The van der Waals surface area contributed by atoms with Crippen molar-refractivity contribution < 1.29 is 19.0 Å². The van der Waals surface area contributed by atoms with Crippen LogP contribution in [-0.4, -0.2) is 32.9 Å². The average molecular weight is 342 g/mol. The van der Waals surface area contributed by atoms with E-state index in [1.165, 1.54) is 21.3 Å². The fourth-order valence-corrected chi connectivity index (χ4v) is 2.37. The number of nitrogens with zero attached hydrogens (tertiary/aromatic N) is 1. The van der Waals surface area contributed by atoms with Gasteiger partial charge in [0.15, 0.2) is 11.5 Å². The van der Waals surface area contributed by atoms with Gasteiger partial charge in [0, 0.05) is 5.56 Å². The summed E-state index contributed by atoms with van der Waals surface area (Å²) in [6.45, 7) is 1.98. The van der Waals surface area contributed by atoms with Crippen molar-refractivity contribution in [2.75, 3.05) is 21.3 Å². The lowest BCUT2D eigenvalue weighted by Gasteiger charge is -2.13. The zero-order valence-corrected chi connectivity index (χ0v) is 14.8. The van der Waals surface area contributed by atoms with E-state index in [2.05, 4.69) is 10.5 Å². The minimum Gasteiger partial charge on any atom is -0.493 e. The first-order valence-corrected chi connectivity index (χ1v) is 7.86. The van der Waals surface area contributed by atoms with Gasteiger partial charge < -0.3 is 14.2 Å². The van der Waals surface area contributed by atoms with E-state index in [0.717, 1.165) is 11.3 Å². The molecule has 0 aliphatic heterocycles. The van der Waals surface area contributed by atoms with E-state index in [9.17, 15) is 4.79 Å². The fourth-order valence-electron chi connectivity index (χ4n) is 2.37. The fraction of sp³-hybridized carbons (Fsp3) is 0.263. The highest BCUT2D eigenvalue weighted by Crippen LogP contribution is 2.38. The lowest BCUT2D eigenvalue weighted by molar-refractivity contribution is 0.0954. The van der Waals surface area contributed by atoms with Gasteiger partial charge in [0.1, 0.15) is 0 Å². The number of carbonyl (C=O) groups excluding carboxylic acids is 1. The Balaban J connectivity index is 2.27. The van der Waals surface area contributed by atoms with E-state index in [1.54, 1.807) is 12.1 Å². The molecule has 6 nitrogen and oxygen atoms in total. The van der Waals surface area contributed by atoms with Crippen LogP contribution in [0.5, 0.6) is 17.2 Å². The molecule has 0 bridgehead atoms. The Morgan fingerprint density at radius 1 is 0.960 bits per heavy atom. The Bertz CT molecular complexity index is 732. The van der Waals surface area contributed by atoms with E-state index in [0.29, 0.717) is 29.2 Å². The van der Waals surface area contributed by atoms with Gasteiger partial charge in [-0.2, -0.15) is 5.10 Å². The molecule has 0 saturated carbocycles. The van der Waals surface area contributed by atoms with Gasteiger partial charge in [-0.05, 0) is 24.1 Å². The average Bonchev–Trinajstić information content (AvgIpc) is 2.67. The monoisotopic (exact) mass is 342 g/mol. The van der Waals surface area contributed by atoms with Crippen molar-refractivity contribution in [1.29, 1.82) is 0 Å². The molecule has 0 aliphatic carbocycles. The van der Waals surface area contributed by atoms with Crippen molar-refractivity contribution in [2.24, 2.45) is 5.10 Å². The summed E-state index contributed by atoms with van der Waals surface area (Å²) >= 11 is 0. The highest BCUT2D eigenvalue weighted by atomic mass is 16.5. The number of amides is 1. The van der Waals surface area contributed by atoms with Crippen LogP contribution < -0.4 is 19.6 Å². The van der Waals surface area contributed by atoms with E-state index in [4.69, 9.17) is 14.2 Å². The van der Waals surface area contributed by atoms with Crippen molar-refractivity contribution in [1.82, 2.24) is 5.43 Å². The molecule has 0 heterocycles. The molecule has 0 aromatic heterocycles. The van der Waals surface area contributed by atoms with Crippen molar-refractivity contribution in [3.05, 3.63) is 53.6 Å². The first-order valence-electron chi connectivity index (χ1n) is 7.86. The lowest BCUT2D eigenvalue weighted by Crippen LogP contribution is -2.20. The molecule has 1 amide bonds. The summed E-state index contributed by atoms with van der Waals surface area (Å²) in [5, 5.41) is 4.25. The van der Waals surface area contributed by atoms with Crippen LogP contribution in [0.3, 0.4) is 0 Å². The largest absolute Gasteiger partial charge is 0.493 e. The molecule has 132 valence electrons. The molecule has 0 spiro atoms. The van der Waals surface area contributed by atoms with Gasteiger partial charge >= 0.3 is 0 Å². The molecule has 0 atom stereocenters. The third-order valence-corrected chi connectivity index (χ3v) is 3.66. The second kappa shape index (κ2) is 8.73. The van der Waals surface area contributed by atoms with Crippen LogP contribution >= 0.6 is 0 Å². The van der Waals surface area contributed by atoms with Crippen LogP contribution in [0.15, 0.2) is 47.6 Å². The summed E-state index contributed by atoms with van der Waals surface area (Å²) in [4.78, 5) is 12.5. The topological polar surface area (TPSA) is 69.2 Å². The van der Waals surface area contributed by atoms with Gasteiger partial charge in [0.2, 0.25) is 5.75 Å². The van der Waals surface area contributed by atoms with E-state index >= 15 is 0 Å². The molecule has 0 saturated heterocycles. The third-order valence-electron chi connectivity index (χ3n) is 3.66. The maximum absolute atomic E-state index is 12.5. The van der Waals surface area contributed by atoms with E-state index < -0.39 is 0 Å². The molecule has 0 fully saturated rings. The van der Waals surface area contributed by atoms with Gasteiger partial charge in [-0.15, -0.1) is 0 Å². The van der Waals surface area contributed by atoms with Crippen LogP contribution in [0, 0.1) is 0 Å². The minimum absolute atomic E-state index is 0.360. The van der Waals surface area contributed by atoms with Crippen LogP contribution in [0.2, 0.25) is 0 Å². The number of rotatable bonds is 7. The predicted molar refractivity (Wildman–Crippen MR) is 96.8 cm³/mol. The Morgan fingerprint density at radius 3 is 2.04 bits per heavy atom. The molecule has 2 rings (SSSR count). The molecular weight excluding hydrogens is 320 g/mol. The molecule has 0 unspecified atom stereocenters. The van der Waals surface area contributed by atoms with Gasteiger partial charge in [0.25, 0.3) is 5.91 Å². The summed E-state index contributed by atoms with van der Waals surface area (Å²) < 4.78 is 15.8. The smallest absolute Gasteiger partial charge is 0.271 e. The number of carbonyl (C=O) groups is 1. The summed E-state index contributed by atoms with van der Waals surface area (Å²) in [6, 6.07) is 12.9. The van der Waals surface area contributed by atoms with Crippen LogP contribution in [0.4, 0.5) is 0 Å². The summed E-state index contributed by atoms with van der Waals surface area (Å²) in [5.74, 6) is 0.897. The molecule has 6 heteroatoms. The SMILES string of the molecule is CC/C(=N/NC(=O)c1cc(OC)c(OC)c(OC)c1)c1ccccc1. The number of hydrogen-bond donors (Lipinski definition) is 1. The minimum atomic E-state index is -0.360. The third kappa shape index (κ3) is 4.29. The second-order valence-electron chi connectivity index (χ2n) is 5.13. The Hall–Kier alpha value is -3.02. The van der Waals surface area contributed by atoms with Crippen molar-refractivity contribution in [3.63, 3.8) is 0 Å². The standard InChI is InChI=1S/C19H22N2O4/c1-5-15(13-9-7-6-8-10-13)20-21-19(22)14-11-16(23-2)18(25-4)17(12-14)24-3/h6-12H,5H2,1-4H3,(H,21,22)/b20-15-. The summed E-state index contributed by atoms with van der Waals surface area (Å²) in [5.41, 5.74) is 4.71. The highest BCUT2D eigenvalue weighted by Gasteiger charge is 2.17. The Kier molecular flexibility index (Phi) is 6.39. The molecule has 2 aromatic carbocycles. The quantitative estimate of drug-likeness (QED) is 0.619. The van der Waals surface area contributed by atoms with Crippen LogP contribution in [0.25, 0.3) is 0 Å². The van der Waals surface area contributed by atoms with Crippen molar-refractivity contribution in [3.8, 4) is 17.2 Å². The molecule has 2 aromatic rings. The van der Waals surface area contributed by atoms with Gasteiger partial charge in [-0.1, -0.05) is 37.3 Å². The van der Waals surface area contributed by atoms with Crippen molar-refractivity contribution in [2.45, 2.75) is 13.3 Å². The second-order valence-corrected chi connectivity index (χ2v) is 5.13. The Morgan fingerprint density at radius 2 is 1.56 bits per heavy atom. The molecule has 0 radical (unpaired) electrons. The van der Waals surface area contributed by atoms with Gasteiger partial charge in [-0.25, -0.2) is 5.43 Å².